The lowest BCUT2D eigenvalue weighted by Crippen LogP contribution is -2.48. The SMILES string of the molecule is COc1ccc(S(=O)(=O)N2CCC(C)CC2)cc1C(=O)N1CCN(c2ccccc2)CC1. The summed E-state index contributed by atoms with van der Waals surface area (Å²) in [5, 5.41) is 0. The summed E-state index contributed by atoms with van der Waals surface area (Å²) in [7, 11) is -2.14. The van der Waals surface area contributed by atoms with Crippen LogP contribution in [0.5, 0.6) is 5.75 Å². The van der Waals surface area contributed by atoms with Crippen LogP contribution in [-0.4, -0.2) is 69.9 Å². The van der Waals surface area contributed by atoms with Crippen LogP contribution in [0.15, 0.2) is 53.4 Å². The molecule has 0 aliphatic carbocycles. The molecule has 0 bridgehead atoms. The Morgan fingerprint density at radius 2 is 1.59 bits per heavy atom. The molecule has 0 aromatic heterocycles. The van der Waals surface area contributed by atoms with Gasteiger partial charge in [0.1, 0.15) is 5.75 Å². The molecular weight excluding hydrogens is 426 g/mol. The Morgan fingerprint density at radius 3 is 2.22 bits per heavy atom. The van der Waals surface area contributed by atoms with Crippen LogP contribution in [0.25, 0.3) is 0 Å². The molecule has 2 fully saturated rings. The predicted octanol–water partition coefficient (Wildman–Crippen LogP) is 3.08. The van der Waals surface area contributed by atoms with Crippen LogP contribution in [-0.2, 0) is 10.0 Å². The molecule has 4 rings (SSSR count). The smallest absolute Gasteiger partial charge is 0.257 e. The number of carbonyl (C=O) groups excluding carboxylic acids is 1. The standard InChI is InChI=1S/C24H31N3O4S/c1-19-10-12-27(13-11-19)32(29,30)21-8-9-23(31-2)22(18-21)24(28)26-16-14-25(15-17-26)20-6-4-3-5-7-20/h3-9,18-19H,10-17H2,1-2H3. The monoisotopic (exact) mass is 457 g/mol. The molecule has 2 aliphatic rings. The first-order chi connectivity index (χ1) is 15.4. The van der Waals surface area contributed by atoms with Crippen LogP contribution in [0.3, 0.4) is 0 Å². The van der Waals surface area contributed by atoms with Crippen molar-refractivity contribution in [3.63, 3.8) is 0 Å². The van der Waals surface area contributed by atoms with E-state index in [0.717, 1.165) is 31.6 Å². The number of para-hydroxylation sites is 1. The summed E-state index contributed by atoms with van der Waals surface area (Å²) in [5.74, 6) is 0.731. The van der Waals surface area contributed by atoms with Gasteiger partial charge in [0.15, 0.2) is 0 Å². The van der Waals surface area contributed by atoms with Gasteiger partial charge >= 0.3 is 0 Å². The van der Waals surface area contributed by atoms with E-state index in [1.54, 1.807) is 11.0 Å². The number of carbonyl (C=O) groups is 1. The van der Waals surface area contributed by atoms with Crippen molar-refractivity contribution in [3.05, 3.63) is 54.1 Å². The zero-order valence-corrected chi connectivity index (χ0v) is 19.6. The van der Waals surface area contributed by atoms with Crippen molar-refractivity contribution in [2.24, 2.45) is 5.92 Å². The van der Waals surface area contributed by atoms with E-state index in [0.29, 0.717) is 43.4 Å². The number of ether oxygens (including phenoxy) is 1. The van der Waals surface area contributed by atoms with Crippen molar-refractivity contribution in [3.8, 4) is 5.75 Å². The van der Waals surface area contributed by atoms with Crippen molar-refractivity contribution in [1.82, 2.24) is 9.21 Å². The minimum Gasteiger partial charge on any atom is -0.496 e. The number of rotatable bonds is 5. The molecule has 0 N–H and O–H groups in total. The Morgan fingerprint density at radius 1 is 0.938 bits per heavy atom. The van der Waals surface area contributed by atoms with Crippen LogP contribution < -0.4 is 9.64 Å². The van der Waals surface area contributed by atoms with Crippen molar-refractivity contribution in [1.29, 1.82) is 0 Å². The lowest BCUT2D eigenvalue weighted by Gasteiger charge is -2.36. The summed E-state index contributed by atoms with van der Waals surface area (Å²) in [4.78, 5) is 17.5. The van der Waals surface area contributed by atoms with Gasteiger partial charge in [0, 0.05) is 45.0 Å². The van der Waals surface area contributed by atoms with Gasteiger partial charge in [-0.15, -0.1) is 0 Å². The third-order valence-corrected chi connectivity index (χ3v) is 8.36. The molecule has 172 valence electrons. The second-order valence-electron chi connectivity index (χ2n) is 8.56. The van der Waals surface area contributed by atoms with Crippen molar-refractivity contribution in [2.75, 3.05) is 51.3 Å². The highest BCUT2D eigenvalue weighted by molar-refractivity contribution is 7.89. The normalized spacial score (nSPS) is 18.6. The van der Waals surface area contributed by atoms with E-state index in [9.17, 15) is 13.2 Å². The molecule has 2 aromatic carbocycles. The lowest BCUT2D eigenvalue weighted by atomic mass is 10.0. The Hall–Kier alpha value is -2.58. The molecule has 32 heavy (non-hydrogen) atoms. The molecule has 0 radical (unpaired) electrons. The van der Waals surface area contributed by atoms with E-state index >= 15 is 0 Å². The number of hydrogen-bond donors (Lipinski definition) is 0. The summed E-state index contributed by atoms with van der Waals surface area (Å²) in [6.45, 7) is 5.76. The maximum absolute atomic E-state index is 13.3. The molecule has 0 saturated carbocycles. The number of anilines is 1. The molecule has 0 unspecified atom stereocenters. The maximum atomic E-state index is 13.3. The van der Waals surface area contributed by atoms with Gasteiger partial charge < -0.3 is 14.5 Å². The molecule has 7 nitrogen and oxygen atoms in total. The molecule has 2 heterocycles. The van der Waals surface area contributed by atoms with Crippen molar-refractivity contribution >= 4 is 21.6 Å². The number of sulfonamides is 1. The molecule has 1 amide bonds. The van der Waals surface area contributed by atoms with Gasteiger partial charge in [-0.2, -0.15) is 4.31 Å². The fourth-order valence-electron chi connectivity index (χ4n) is 4.37. The third-order valence-electron chi connectivity index (χ3n) is 6.47. The summed E-state index contributed by atoms with van der Waals surface area (Å²) in [5.41, 5.74) is 1.44. The second-order valence-corrected chi connectivity index (χ2v) is 10.5. The molecule has 0 atom stereocenters. The number of piperidine rings is 1. The van der Waals surface area contributed by atoms with Crippen LogP contribution in [0.1, 0.15) is 30.1 Å². The average molecular weight is 458 g/mol. The van der Waals surface area contributed by atoms with Crippen LogP contribution in [0.2, 0.25) is 0 Å². The molecule has 2 saturated heterocycles. The molecular formula is C24H31N3O4S. The molecule has 2 aromatic rings. The summed E-state index contributed by atoms with van der Waals surface area (Å²) >= 11 is 0. The van der Waals surface area contributed by atoms with Gasteiger partial charge in [0.2, 0.25) is 10.0 Å². The highest BCUT2D eigenvalue weighted by atomic mass is 32.2. The minimum absolute atomic E-state index is 0.152. The largest absolute Gasteiger partial charge is 0.496 e. The van der Waals surface area contributed by atoms with Gasteiger partial charge in [0.05, 0.1) is 17.6 Å². The van der Waals surface area contributed by atoms with Gasteiger partial charge in [0.25, 0.3) is 5.91 Å². The first-order valence-electron chi connectivity index (χ1n) is 11.2. The number of hydrogen-bond acceptors (Lipinski definition) is 5. The fraction of sp³-hybridized carbons (Fsp3) is 0.458. The van der Waals surface area contributed by atoms with Crippen LogP contribution in [0, 0.1) is 5.92 Å². The van der Waals surface area contributed by atoms with E-state index in [1.165, 1.54) is 23.5 Å². The van der Waals surface area contributed by atoms with Crippen molar-refractivity contribution < 1.29 is 17.9 Å². The number of piperazine rings is 1. The second kappa shape index (κ2) is 9.50. The van der Waals surface area contributed by atoms with E-state index in [1.807, 2.05) is 18.2 Å². The van der Waals surface area contributed by atoms with Crippen LogP contribution in [0.4, 0.5) is 5.69 Å². The molecule has 0 spiro atoms. The minimum atomic E-state index is -3.64. The van der Waals surface area contributed by atoms with Crippen LogP contribution >= 0.6 is 0 Å². The highest BCUT2D eigenvalue weighted by Gasteiger charge is 2.31. The summed E-state index contributed by atoms with van der Waals surface area (Å²) in [6.07, 6.45) is 1.71. The Kier molecular flexibility index (Phi) is 6.71. The molecule has 2 aliphatic heterocycles. The third kappa shape index (κ3) is 4.61. The Balaban J connectivity index is 1.52. The van der Waals surface area contributed by atoms with E-state index in [4.69, 9.17) is 4.74 Å². The van der Waals surface area contributed by atoms with Gasteiger partial charge in [-0.1, -0.05) is 25.1 Å². The number of amides is 1. The number of benzene rings is 2. The Bertz CT molecular complexity index is 1040. The highest BCUT2D eigenvalue weighted by Crippen LogP contribution is 2.29. The number of nitrogens with zero attached hydrogens (tertiary/aromatic N) is 3. The van der Waals surface area contributed by atoms with E-state index < -0.39 is 10.0 Å². The number of methoxy groups -OCH3 is 1. The predicted molar refractivity (Wildman–Crippen MR) is 125 cm³/mol. The first kappa shape index (κ1) is 22.6. The lowest BCUT2D eigenvalue weighted by molar-refractivity contribution is 0.0743. The van der Waals surface area contributed by atoms with Gasteiger partial charge in [-0.3, -0.25) is 4.79 Å². The summed E-state index contributed by atoms with van der Waals surface area (Å²) < 4.78 is 33.3. The van der Waals surface area contributed by atoms with Gasteiger partial charge in [-0.25, -0.2) is 8.42 Å². The first-order valence-corrected chi connectivity index (χ1v) is 12.6. The zero-order chi connectivity index (χ0) is 22.7. The van der Waals surface area contributed by atoms with E-state index in [2.05, 4.69) is 24.0 Å². The summed E-state index contributed by atoms with van der Waals surface area (Å²) in [6, 6.07) is 14.7. The van der Waals surface area contributed by atoms with E-state index in [-0.39, 0.29) is 10.8 Å². The fourth-order valence-corrected chi connectivity index (χ4v) is 5.86. The quantitative estimate of drug-likeness (QED) is 0.690. The Labute approximate surface area is 190 Å². The van der Waals surface area contributed by atoms with Crippen molar-refractivity contribution in [2.45, 2.75) is 24.7 Å². The average Bonchev–Trinajstić information content (AvgIpc) is 2.84. The maximum Gasteiger partial charge on any atom is 0.257 e. The topological polar surface area (TPSA) is 70.2 Å². The zero-order valence-electron chi connectivity index (χ0n) is 18.7. The van der Waals surface area contributed by atoms with Gasteiger partial charge in [-0.05, 0) is 49.1 Å². The molecule has 8 heteroatoms.